The average molecular weight is 253 g/mol. The molecule has 0 amide bonds. The minimum absolute atomic E-state index is 0.182. The number of nitrogens with one attached hydrogen (secondary N) is 1. The first kappa shape index (κ1) is 12.7. The minimum atomic E-state index is -0.457. The van der Waals surface area contributed by atoms with Gasteiger partial charge in [0.1, 0.15) is 6.04 Å². The molecule has 1 aliphatic carbocycles. The largest absolute Gasteiger partial charge is 0.494 e. The Morgan fingerprint density at radius 1 is 1.44 bits per heavy atom. The van der Waals surface area contributed by atoms with Crippen molar-refractivity contribution in [3.8, 4) is 5.75 Å². The van der Waals surface area contributed by atoms with Gasteiger partial charge in [-0.25, -0.2) is 9.18 Å². The van der Waals surface area contributed by atoms with Crippen molar-refractivity contribution in [3.05, 3.63) is 24.0 Å². The van der Waals surface area contributed by atoms with Crippen LogP contribution in [0.1, 0.15) is 12.8 Å². The first-order valence-corrected chi connectivity index (χ1v) is 5.83. The van der Waals surface area contributed by atoms with E-state index < -0.39 is 11.9 Å². The zero-order valence-electron chi connectivity index (χ0n) is 10.4. The number of halogens is 1. The molecule has 1 unspecified atom stereocenters. The molecule has 1 aromatic carbocycles. The molecule has 0 saturated heterocycles. The van der Waals surface area contributed by atoms with Gasteiger partial charge in [0.15, 0.2) is 11.6 Å². The molecule has 1 saturated carbocycles. The van der Waals surface area contributed by atoms with Gasteiger partial charge in [0.25, 0.3) is 0 Å². The molecule has 0 radical (unpaired) electrons. The van der Waals surface area contributed by atoms with Gasteiger partial charge in [0.2, 0.25) is 0 Å². The average Bonchev–Trinajstić information content (AvgIpc) is 3.19. The predicted molar refractivity (Wildman–Crippen MR) is 65.1 cm³/mol. The zero-order chi connectivity index (χ0) is 13.1. The van der Waals surface area contributed by atoms with Crippen LogP contribution in [0.15, 0.2) is 18.2 Å². The zero-order valence-corrected chi connectivity index (χ0v) is 10.4. The number of methoxy groups -OCH3 is 2. The third-order valence-electron chi connectivity index (χ3n) is 3.02. The van der Waals surface area contributed by atoms with Gasteiger partial charge in [-0.05, 0) is 30.9 Å². The fourth-order valence-corrected chi connectivity index (χ4v) is 1.86. The maximum absolute atomic E-state index is 13.5. The maximum atomic E-state index is 13.5. The summed E-state index contributed by atoms with van der Waals surface area (Å²) in [6.45, 7) is 0. The molecule has 2 rings (SSSR count). The third kappa shape index (κ3) is 2.72. The van der Waals surface area contributed by atoms with Crippen molar-refractivity contribution in [1.82, 2.24) is 0 Å². The molecule has 0 bridgehead atoms. The molecule has 1 aromatic rings. The molecule has 1 fully saturated rings. The first-order valence-electron chi connectivity index (χ1n) is 5.83. The van der Waals surface area contributed by atoms with E-state index in [-0.39, 0.29) is 17.6 Å². The van der Waals surface area contributed by atoms with Gasteiger partial charge >= 0.3 is 5.97 Å². The number of benzene rings is 1. The monoisotopic (exact) mass is 253 g/mol. The van der Waals surface area contributed by atoms with E-state index in [4.69, 9.17) is 9.47 Å². The number of rotatable bonds is 5. The summed E-state index contributed by atoms with van der Waals surface area (Å²) >= 11 is 0. The van der Waals surface area contributed by atoms with E-state index in [9.17, 15) is 9.18 Å². The predicted octanol–water partition coefficient (Wildman–Crippen LogP) is 2.20. The second-order valence-electron chi connectivity index (χ2n) is 4.33. The molecule has 1 aliphatic rings. The molecular weight excluding hydrogens is 237 g/mol. The molecule has 4 nitrogen and oxygen atoms in total. The molecule has 0 aliphatic heterocycles. The van der Waals surface area contributed by atoms with Crippen LogP contribution in [0.5, 0.6) is 5.75 Å². The summed E-state index contributed by atoms with van der Waals surface area (Å²) in [6, 6.07) is 4.12. The van der Waals surface area contributed by atoms with E-state index in [0.717, 1.165) is 12.8 Å². The fraction of sp³-hybridized carbons (Fsp3) is 0.462. The molecular formula is C13H16FNO3. The van der Waals surface area contributed by atoms with Gasteiger partial charge in [-0.1, -0.05) is 0 Å². The van der Waals surface area contributed by atoms with Gasteiger partial charge in [-0.2, -0.15) is 0 Å². The number of hydrogen-bond donors (Lipinski definition) is 1. The van der Waals surface area contributed by atoms with Gasteiger partial charge in [0.05, 0.1) is 14.2 Å². The van der Waals surface area contributed by atoms with Crippen LogP contribution >= 0.6 is 0 Å². The Hall–Kier alpha value is -1.78. The van der Waals surface area contributed by atoms with Crippen LogP contribution in [0.3, 0.4) is 0 Å². The number of anilines is 1. The summed E-state index contributed by atoms with van der Waals surface area (Å²) in [7, 11) is 2.76. The Balaban J connectivity index is 2.11. The molecule has 1 atom stereocenters. The molecule has 0 spiro atoms. The van der Waals surface area contributed by atoms with E-state index >= 15 is 0 Å². The van der Waals surface area contributed by atoms with E-state index in [2.05, 4.69) is 5.32 Å². The topological polar surface area (TPSA) is 47.6 Å². The second-order valence-corrected chi connectivity index (χ2v) is 4.33. The highest BCUT2D eigenvalue weighted by molar-refractivity contribution is 5.80. The number of carbonyl (C=O) groups excluding carboxylic acids is 1. The molecule has 1 N–H and O–H groups in total. The van der Waals surface area contributed by atoms with Crippen molar-refractivity contribution in [2.75, 3.05) is 19.5 Å². The fourth-order valence-electron chi connectivity index (χ4n) is 1.86. The van der Waals surface area contributed by atoms with E-state index in [1.165, 1.54) is 26.4 Å². The van der Waals surface area contributed by atoms with Gasteiger partial charge in [0, 0.05) is 11.8 Å². The lowest BCUT2D eigenvalue weighted by Gasteiger charge is -2.17. The van der Waals surface area contributed by atoms with Crippen LogP contribution in [-0.2, 0) is 9.53 Å². The normalized spacial score (nSPS) is 15.9. The Morgan fingerprint density at radius 3 is 2.67 bits per heavy atom. The smallest absolute Gasteiger partial charge is 0.328 e. The van der Waals surface area contributed by atoms with Crippen molar-refractivity contribution in [2.45, 2.75) is 18.9 Å². The molecule has 0 heterocycles. The van der Waals surface area contributed by atoms with Crippen molar-refractivity contribution >= 4 is 11.7 Å². The Morgan fingerprint density at radius 2 is 2.17 bits per heavy atom. The van der Waals surface area contributed by atoms with Gasteiger partial charge in [-0.15, -0.1) is 0 Å². The summed E-state index contributed by atoms with van der Waals surface area (Å²) in [6.07, 6.45) is 1.98. The number of esters is 1. The summed E-state index contributed by atoms with van der Waals surface area (Å²) in [4.78, 5) is 11.6. The SMILES string of the molecule is COC(=O)C(Nc1ccc(OC)c(F)c1)C1CC1. The van der Waals surface area contributed by atoms with Crippen molar-refractivity contribution in [2.24, 2.45) is 5.92 Å². The lowest BCUT2D eigenvalue weighted by atomic mass is 10.1. The van der Waals surface area contributed by atoms with Crippen LogP contribution in [0.4, 0.5) is 10.1 Å². The van der Waals surface area contributed by atoms with Crippen LogP contribution < -0.4 is 10.1 Å². The summed E-state index contributed by atoms with van der Waals surface area (Å²) in [5, 5.41) is 3.01. The summed E-state index contributed by atoms with van der Waals surface area (Å²) < 4.78 is 23.1. The number of ether oxygens (including phenoxy) is 2. The van der Waals surface area contributed by atoms with Crippen LogP contribution in [-0.4, -0.2) is 26.2 Å². The van der Waals surface area contributed by atoms with Crippen LogP contribution in [0.25, 0.3) is 0 Å². The minimum Gasteiger partial charge on any atom is -0.494 e. The van der Waals surface area contributed by atoms with E-state index in [1.807, 2.05) is 0 Å². The van der Waals surface area contributed by atoms with Crippen LogP contribution in [0, 0.1) is 11.7 Å². The number of carbonyl (C=O) groups is 1. The maximum Gasteiger partial charge on any atom is 0.328 e. The van der Waals surface area contributed by atoms with Gasteiger partial charge < -0.3 is 14.8 Å². The number of hydrogen-bond acceptors (Lipinski definition) is 4. The quantitative estimate of drug-likeness (QED) is 0.817. The van der Waals surface area contributed by atoms with E-state index in [1.54, 1.807) is 6.07 Å². The standard InChI is InChI=1S/C13H16FNO3/c1-17-11-6-5-9(7-10(11)14)15-12(8-3-4-8)13(16)18-2/h5-8,12,15H,3-4H2,1-2H3. The Labute approximate surface area is 105 Å². The van der Waals surface area contributed by atoms with Crippen molar-refractivity contribution in [1.29, 1.82) is 0 Å². The van der Waals surface area contributed by atoms with E-state index in [0.29, 0.717) is 5.69 Å². The van der Waals surface area contributed by atoms with Crippen molar-refractivity contribution in [3.63, 3.8) is 0 Å². The third-order valence-corrected chi connectivity index (χ3v) is 3.02. The second kappa shape index (κ2) is 5.25. The molecule has 98 valence electrons. The molecule has 18 heavy (non-hydrogen) atoms. The van der Waals surface area contributed by atoms with Crippen molar-refractivity contribution < 1.29 is 18.7 Å². The highest BCUT2D eigenvalue weighted by atomic mass is 19.1. The summed E-state index contributed by atoms with van der Waals surface area (Å²) in [5.41, 5.74) is 0.551. The first-order chi connectivity index (χ1) is 8.65. The summed E-state index contributed by atoms with van der Waals surface area (Å²) in [5.74, 6) is -0.306. The molecule has 0 aromatic heterocycles. The lowest BCUT2D eigenvalue weighted by molar-refractivity contribution is -0.142. The van der Waals surface area contributed by atoms with Crippen LogP contribution in [0.2, 0.25) is 0 Å². The molecule has 5 heteroatoms. The lowest BCUT2D eigenvalue weighted by Crippen LogP contribution is -2.32. The Bertz CT molecular complexity index is 446. The highest BCUT2D eigenvalue weighted by Gasteiger charge is 2.37. The van der Waals surface area contributed by atoms with Gasteiger partial charge in [-0.3, -0.25) is 0 Å². The highest BCUT2D eigenvalue weighted by Crippen LogP contribution is 2.35. The Kier molecular flexibility index (Phi) is 3.69.